The molecule has 1 heterocycles. The lowest BCUT2D eigenvalue weighted by molar-refractivity contribution is -0.120. The van der Waals surface area contributed by atoms with Crippen LogP contribution in [0.3, 0.4) is 0 Å². The Kier molecular flexibility index (Phi) is 12.4. The summed E-state index contributed by atoms with van der Waals surface area (Å²) in [6, 6.07) is 22.8. The fourth-order valence-corrected chi connectivity index (χ4v) is 6.24. The Bertz CT molecular complexity index is 1500. The van der Waals surface area contributed by atoms with Crippen LogP contribution in [0.4, 0.5) is 0 Å². The highest BCUT2D eigenvalue weighted by atomic mass is 32.2. The van der Waals surface area contributed by atoms with Crippen LogP contribution in [0.25, 0.3) is 12.2 Å². The Labute approximate surface area is 262 Å². The van der Waals surface area contributed by atoms with Crippen molar-refractivity contribution in [3.05, 3.63) is 101 Å². The van der Waals surface area contributed by atoms with Gasteiger partial charge >= 0.3 is 0 Å². The Morgan fingerprint density at radius 1 is 0.841 bits per heavy atom. The van der Waals surface area contributed by atoms with Crippen LogP contribution in [-0.2, 0) is 21.4 Å². The summed E-state index contributed by atoms with van der Waals surface area (Å²) in [5, 5.41) is 2.87. The van der Waals surface area contributed by atoms with Gasteiger partial charge in [0.25, 0.3) is 5.91 Å². The number of hydrogen-bond donors (Lipinski definition) is 2. The van der Waals surface area contributed by atoms with Crippen LogP contribution in [0, 0.1) is 0 Å². The molecule has 4 rings (SSSR count). The van der Waals surface area contributed by atoms with Crippen LogP contribution in [0.15, 0.2) is 83.8 Å². The van der Waals surface area contributed by atoms with Crippen LogP contribution in [0.1, 0.15) is 60.2 Å². The van der Waals surface area contributed by atoms with E-state index in [1.54, 1.807) is 30.3 Å². The number of hydrogen-bond acceptors (Lipinski definition) is 6. The maximum Gasteiger partial charge on any atom is 0.252 e. The number of piperazine rings is 1. The summed E-state index contributed by atoms with van der Waals surface area (Å²) < 4.78 is 27.6. The summed E-state index contributed by atoms with van der Waals surface area (Å²) in [7, 11) is -3.84. The van der Waals surface area contributed by atoms with E-state index < -0.39 is 22.6 Å². The largest absolute Gasteiger partial charge is 0.342 e. The highest BCUT2D eigenvalue weighted by Gasteiger charge is 2.24. The van der Waals surface area contributed by atoms with Crippen molar-refractivity contribution in [2.45, 2.75) is 50.6 Å². The second-order valence-corrected chi connectivity index (χ2v) is 12.9. The molecule has 9 heteroatoms. The second-order valence-electron chi connectivity index (χ2n) is 11.1. The summed E-state index contributed by atoms with van der Waals surface area (Å²) in [5.74, 6) is -0.754. The zero-order chi connectivity index (χ0) is 31.4. The molecule has 0 radical (unpaired) electrons. The lowest BCUT2D eigenvalue weighted by atomic mass is 10.0. The number of amides is 1. The maximum absolute atomic E-state index is 13.4. The molecule has 0 aliphatic carbocycles. The number of carbonyl (C=O) groups is 2. The van der Waals surface area contributed by atoms with Crippen LogP contribution in [0.2, 0.25) is 0 Å². The average Bonchev–Trinajstić information content (AvgIpc) is 3.06. The van der Waals surface area contributed by atoms with Crippen LogP contribution >= 0.6 is 0 Å². The number of sulfonamides is 1. The normalized spacial score (nSPS) is 15.3. The van der Waals surface area contributed by atoms with Crippen molar-refractivity contribution >= 4 is 33.9 Å². The Morgan fingerprint density at radius 2 is 1.50 bits per heavy atom. The topological polar surface area (TPSA) is 98.8 Å². The first-order valence-corrected chi connectivity index (χ1v) is 17.0. The highest BCUT2D eigenvalue weighted by molar-refractivity contribution is 7.89. The molecule has 1 aliphatic heterocycles. The number of carbonyl (C=O) groups excluding carboxylic acids is 2. The van der Waals surface area contributed by atoms with E-state index in [1.165, 1.54) is 17.7 Å². The van der Waals surface area contributed by atoms with Crippen molar-refractivity contribution in [3.8, 4) is 0 Å². The molecule has 0 bridgehead atoms. The lowest BCUT2D eigenvalue weighted by Gasteiger charge is -2.34. The Balaban J connectivity index is 1.38. The SMILES string of the molecule is CCCCC(NC(=O)c1ccccc1C=Cc1ccc(CN2CCN(CC)CC2)cc1)C(=O)CNS(=O)(=O)c1ccccc1. The van der Waals surface area contributed by atoms with Crippen molar-refractivity contribution < 1.29 is 18.0 Å². The number of rotatable bonds is 15. The van der Waals surface area contributed by atoms with Gasteiger partial charge in [0.15, 0.2) is 5.78 Å². The number of ketones is 1. The van der Waals surface area contributed by atoms with Gasteiger partial charge in [-0.15, -0.1) is 0 Å². The zero-order valence-electron chi connectivity index (χ0n) is 25.7. The Hall–Kier alpha value is -3.63. The van der Waals surface area contributed by atoms with Gasteiger partial charge in [-0.2, -0.15) is 0 Å². The summed E-state index contributed by atoms with van der Waals surface area (Å²) in [4.78, 5) is 31.6. The number of benzene rings is 3. The number of nitrogens with one attached hydrogen (secondary N) is 2. The van der Waals surface area contributed by atoms with Gasteiger partial charge in [-0.05, 0) is 47.9 Å². The molecule has 1 unspecified atom stereocenters. The van der Waals surface area contributed by atoms with Crippen LogP contribution in [-0.4, -0.2) is 75.2 Å². The minimum absolute atomic E-state index is 0.0859. The first kappa shape index (κ1) is 33.3. The van der Waals surface area contributed by atoms with E-state index in [4.69, 9.17) is 0 Å². The molecular formula is C35H44N4O4S. The molecule has 8 nitrogen and oxygen atoms in total. The number of Topliss-reactive ketones (excluding diaryl/α,β-unsaturated/α-hetero) is 1. The molecule has 1 amide bonds. The smallest absolute Gasteiger partial charge is 0.252 e. The molecule has 1 fully saturated rings. The van der Waals surface area contributed by atoms with Gasteiger partial charge in [0, 0.05) is 38.3 Å². The quantitative estimate of drug-likeness (QED) is 0.238. The van der Waals surface area contributed by atoms with E-state index in [-0.39, 0.29) is 16.6 Å². The average molecular weight is 617 g/mol. The van der Waals surface area contributed by atoms with Crippen molar-refractivity contribution in [2.24, 2.45) is 0 Å². The number of nitrogens with zero attached hydrogens (tertiary/aromatic N) is 2. The van der Waals surface area contributed by atoms with Gasteiger partial charge in [0.05, 0.1) is 17.5 Å². The number of likely N-dealkylation sites (N-methyl/N-ethyl adjacent to an activating group) is 1. The summed E-state index contributed by atoms with van der Waals surface area (Å²) in [6.07, 6.45) is 5.86. The van der Waals surface area contributed by atoms with Crippen molar-refractivity contribution in [3.63, 3.8) is 0 Å². The molecule has 2 N–H and O–H groups in total. The van der Waals surface area contributed by atoms with Gasteiger partial charge in [0.1, 0.15) is 0 Å². The summed E-state index contributed by atoms with van der Waals surface area (Å²) in [6.45, 7) is 10.3. The molecule has 1 atom stereocenters. The van der Waals surface area contributed by atoms with E-state index in [1.807, 2.05) is 31.2 Å². The molecule has 0 saturated carbocycles. The van der Waals surface area contributed by atoms with Gasteiger partial charge in [-0.3, -0.25) is 14.5 Å². The lowest BCUT2D eigenvalue weighted by Crippen LogP contribution is -2.45. The molecular weight excluding hydrogens is 572 g/mol. The fraction of sp³-hybridized carbons (Fsp3) is 0.371. The molecule has 3 aromatic rings. The minimum atomic E-state index is -3.84. The van der Waals surface area contributed by atoms with E-state index in [0.29, 0.717) is 18.4 Å². The van der Waals surface area contributed by atoms with Gasteiger partial charge in [-0.1, -0.05) is 99.5 Å². The van der Waals surface area contributed by atoms with E-state index >= 15 is 0 Å². The van der Waals surface area contributed by atoms with E-state index in [9.17, 15) is 18.0 Å². The molecule has 0 aromatic heterocycles. The zero-order valence-corrected chi connectivity index (χ0v) is 26.6. The van der Waals surface area contributed by atoms with E-state index in [2.05, 4.69) is 51.0 Å². The highest BCUT2D eigenvalue weighted by Crippen LogP contribution is 2.16. The predicted molar refractivity (Wildman–Crippen MR) is 177 cm³/mol. The molecule has 3 aromatic carbocycles. The van der Waals surface area contributed by atoms with E-state index in [0.717, 1.165) is 56.8 Å². The summed E-state index contributed by atoms with van der Waals surface area (Å²) >= 11 is 0. The standard InChI is InChI=1S/C35H44N4O4S/c1-3-5-15-33(34(40)26-36-44(42,43)31-12-7-6-8-13-31)37-35(41)32-14-10-9-11-30(32)21-20-28-16-18-29(19-17-28)27-39-24-22-38(4-2)23-25-39/h6-14,16-21,33,36H,3-5,15,22-27H2,1-2H3,(H,37,41). The van der Waals surface area contributed by atoms with Crippen LogP contribution in [0.5, 0.6) is 0 Å². The maximum atomic E-state index is 13.4. The third-order valence-electron chi connectivity index (χ3n) is 7.99. The minimum Gasteiger partial charge on any atom is -0.342 e. The Morgan fingerprint density at radius 3 is 2.18 bits per heavy atom. The van der Waals surface area contributed by atoms with Gasteiger partial charge < -0.3 is 10.2 Å². The molecule has 1 aliphatic rings. The molecule has 0 spiro atoms. The van der Waals surface area contributed by atoms with Gasteiger partial charge in [0.2, 0.25) is 10.0 Å². The van der Waals surface area contributed by atoms with Crippen molar-refractivity contribution in [1.29, 1.82) is 0 Å². The molecule has 234 valence electrons. The van der Waals surface area contributed by atoms with Gasteiger partial charge in [-0.25, -0.2) is 13.1 Å². The number of unbranched alkanes of at least 4 members (excludes halogenated alkanes) is 1. The molecule has 44 heavy (non-hydrogen) atoms. The first-order valence-electron chi connectivity index (χ1n) is 15.5. The third-order valence-corrected chi connectivity index (χ3v) is 9.41. The predicted octanol–water partition coefficient (Wildman–Crippen LogP) is 4.83. The summed E-state index contributed by atoms with van der Waals surface area (Å²) in [5.41, 5.74) is 3.49. The fourth-order valence-electron chi connectivity index (χ4n) is 5.22. The molecule has 1 saturated heterocycles. The van der Waals surface area contributed by atoms with Crippen molar-refractivity contribution in [2.75, 3.05) is 39.3 Å². The first-order chi connectivity index (χ1) is 21.3. The third kappa shape index (κ3) is 9.69. The van der Waals surface area contributed by atoms with Crippen LogP contribution < -0.4 is 10.0 Å². The monoisotopic (exact) mass is 616 g/mol. The second kappa shape index (κ2) is 16.4. The van der Waals surface area contributed by atoms with Crippen molar-refractivity contribution in [1.82, 2.24) is 19.8 Å².